The molecular weight excluding hydrogens is 450 g/mol. The van der Waals surface area contributed by atoms with Crippen molar-refractivity contribution >= 4 is 32.7 Å². The van der Waals surface area contributed by atoms with Gasteiger partial charge in [-0.15, -0.1) is 0 Å². The largest absolute Gasteiger partial charge is 0.256 e. The molecule has 8 rings (SSSR count). The Morgan fingerprint density at radius 1 is 0.486 bits per heavy atom. The highest BCUT2D eigenvalue weighted by Crippen LogP contribution is 2.45. The quantitative estimate of drug-likeness (QED) is 0.238. The van der Waals surface area contributed by atoms with E-state index in [4.69, 9.17) is 9.97 Å². The molecule has 3 heteroatoms. The van der Waals surface area contributed by atoms with Gasteiger partial charge < -0.3 is 0 Å². The summed E-state index contributed by atoms with van der Waals surface area (Å²) in [6.45, 7) is 0. The standard InChI is InChI=1S/C34H21N3/c1-5-21-7-3-17-35-32(21)28(10-1)27-9-2-6-26-19-24-13-14-25(20-29(24)31(26)27)30-16-15-23-12-11-22-8-4-18-36-33(22)34(23)37-30/h1-18,20H,19H2. The van der Waals surface area contributed by atoms with Crippen LogP contribution in [0.1, 0.15) is 11.1 Å². The third-order valence-corrected chi connectivity index (χ3v) is 7.56. The first-order valence-corrected chi connectivity index (χ1v) is 12.6. The minimum atomic E-state index is 0.941. The number of hydrogen-bond acceptors (Lipinski definition) is 3. The van der Waals surface area contributed by atoms with Gasteiger partial charge in [-0.1, -0.05) is 78.9 Å². The SMILES string of the molecule is c1cc2c(c(-c3cccc4cccnc34)c1)-c1cc(-c3ccc4ccc5cccnc5c4n3)ccc1C2. The summed E-state index contributed by atoms with van der Waals surface area (Å²) in [6.07, 6.45) is 4.66. The van der Waals surface area contributed by atoms with E-state index in [0.29, 0.717) is 0 Å². The lowest BCUT2D eigenvalue weighted by Crippen LogP contribution is -1.91. The van der Waals surface area contributed by atoms with Crippen molar-refractivity contribution in [1.82, 2.24) is 15.0 Å². The number of nitrogens with zero attached hydrogens (tertiary/aromatic N) is 3. The normalized spacial score (nSPS) is 12.2. The van der Waals surface area contributed by atoms with Crippen LogP contribution in [-0.2, 0) is 6.42 Å². The third-order valence-electron chi connectivity index (χ3n) is 7.56. The monoisotopic (exact) mass is 471 g/mol. The van der Waals surface area contributed by atoms with Gasteiger partial charge in [0.15, 0.2) is 0 Å². The lowest BCUT2D eigenvalue weighted by molar-refractivity contribution is 1.26. The molecule has 1 aliphatic rings. The molecule has 0 amide bonds. The molecule has 0 unspecified atom stereocenters. The molecular formula is C34H21N3. The number of rotatable bonds is 2. The van der Waals surface area contributed by atoms with Gasteiger partial charge in [-0.25, -0.2) is 4.98 Å². The second kappa shape index (κ2) is 7.81. The van der Waals surface area contributed by atoms with Gasteiger partial charge in [0, 0.05) is 39.7 Å². The van der Waals surface area contributed by atoms with Gasteiger partial charge in [-0.05, 0) is 58.5 Å². The summed E-state index contributed by atoms with van der Waals surface area (Å²) in [5.74, 6) is 0. The highest BCUT2D eigenvalue weighted by Gasteiger charge is 2.23. The zero-order valence-corrected chi connectivity index (χ0v) is 20.0. The fourth-order valence-electron chi connectivity index (χ4n) is 5.82. The van der Waals surface area contributed by atoms with E-state index in [9.17, 15) is 0 Å². The molecule has 0 radical (unpaired) electrons. The van der Waals surface area contributed by atoms with Gasteiger partial charge in [-0.3, -0.25) is 9.97 Å². The van der Waals surface area contributed by atoms with Crippen molar-refractivity contribution in [2.75, 3.05) is 0 Å². The van der Waals surface area contributed by atoms with E-state index >= 15 is 0 Å². The molecule has 0 bridgehead atoms. The number of aromatic nitrogens is 3. The Kier molecular flexibility index (Phi) is 4.29. The molecule has 0 saturated heterocycles. The molecule has 0 atom stereocenters. The van der Waals surface area contributed by atoms with Crippen molar-refractivity contribution in [3.05, 3.63) is 127 Å². The third kappa shape index (κ3) is 3.11. The number of hydrogen-bond donors (Lipinski definition) is 0. The predicted octanol–water partition coefficient (Wildman–Crippen LogP) is 8.24. The predicted molar refractivity (Wildman–Crippen MR) is 151 cm³/mol. The number of para-hydroxylation sites is 1. The van der Waals surface area contributed by atoms with Crippen LogP contribution in [0.2, 0.25) is 0 Å². The molecule has 7 aromatic rings. The summed E-state index contributed by atoms with van der Waals surface area (Å²) >= 11 is 0. The van der Waals surface area contributed by atoms with Crippen LogP contribution in [0.5, 0.6) is 0 Å². The average molecular weight is 472 g/mol. The molecule has 0 saturated carbocycles. The van der Waals surface area contributed by atoms with Gasteiger partial charge in [0.1, 0.15) is 0 Å². The van der Waals surface area contributed by atoms with Crippen molar-refractivity contribution in [1.29, 1.82) is 0 Å². The number of pyridine rings is 3. The molecule has 0 N–H and O–H groups in total. The Hall–Kier alpha value is -4.89. The first-order valence-electron chi connectivity index (χ1n) is 12.6. The van der Waals surface area contributed by atoms with E-state index < -0.39 is 0 Å². The first kappa shape index (κ1) is 20.3. The summed E-state index contributed by atoms with van der Waals surface area (Å²) in [6, 6.07) is 36.6. The van der Waals surface area contributed by atoms with E-state index in [1.165, 1.54) is 33.4 Å². The van der Waals surface area contributed by atoms with Crippen LogP contribution in [-0.4, -0.2) is 15.0 Å². The zero-order chi connectivity index (χ0) is 24.3. The fraction of sp³-hybridized carbons (Fsp3) is 0.0294. The molecule has 0 spiro atoms. The van der Waals surface area contributed by atoms with Crippen LogP contribution in [0, 0.1) is 0 Å². The van der Waals surface area contributed by atoms with E-state index in [0.717, 1.165) is 50.4 Å². The Morgan fingerprint density at radius 2 is 1.19 bits per heavy atom. The van der Waals surface area contributed by atoms with Gasteiger partial charge in [0.25, 0.3) is 0 Å². The fourth-order valence-corrected chi connectivity index (χ4v) is 5.82. The molecule has 3 heterocycles. The minimum absolute atomic E-state index is 0.941. The zero-order valence-electron chi connectivity index (χ0n) is 20.0. The number of benzene rings is 4. The Labute approximate surface area is 214 Å². The molecule has 1 aliphatic carbocycles. The molecule has 0 fully saturated rings. The lowest BCUT2D eigenvalue weighted by atomic mass is 9.92. The first-order chi connectivity index (χ1) is 18.3. The lowest BCUT2D eigenvalue weighted by Gasteiger charge is -2.13. The van der Waals surface area contributed by atoms with Crippen LogP contribution in [0.15, 0.2) is 116 Å². The molecule has 3 nitrogen and oxygen atoms in total. The molecule has 3 aromatic heterocycles. The second-order valence-corrected chi connectivity index (χ2v) is 9.68. The smallest absolute Gasteiger partial charge is 0.0972 e. The summed E-state index contributed by atoms with van der Waals surface area (Å²) in [4.78, 5) is 14.5. The Morgan fingerprint density at radius 3 is 2.08 bits per heavy atom. The summed E-state index contributed by atoms with van der Waals surface area (Å²) in [5.41, 5.74) is 12.7. The van der Waals surface area contributed by atoms with Crippen molar-refractivity contribution < 1.29 is 0 Å². The highest BCUT2D eigenvalue weighted by atomic mass is 14.8. The summed E-state index contributed by atoms with van der Waals surface area (Å²) in [7, 11) is 0. The van der Waals surface area contributed by atoms with Crippen molar-refractivity contribution in [3.8, 4) is 33.5 Å². The van der Waals surface area contributed by atoms with Gasteiger partial charge in [0.2, 0.25) is 0 Å². The van der Waals surface area contributed by atoms with Crippen LogP contribution in [0.3, 0.4) is 0 Å². The molecule has 0 aliphatic heterocycles. The highest BCUT2D eigenvalue weighted by molar-refractivity contribution is 6.04. The van der Waals surface area contributed by atoms with Crippen LogP contribution < -0.4 is 0 Å². The Balaban J connectivity index is 1.32. The maximum atomic E-state index is 5.10. The molecule has 37 heavy (non-hydrogen) atoms. The van der Waals surface area contributed by atoms with E-state index in [1.54, 1.807) is 0 Å². The van der Waals surface area contributed by atoms with Gasteiger partial charge in [0.05, 0.1) is 22.2 Å². The van der Waals surface area contributed by atoms with Gasteiger partial charge in [-0.2, -0.15) is 0 Å². The van der Waals surface area contributed by atoms with Crippen molar-refractivity contribution in [3.63, 3.8) is 0 Å². The Bertz CT molecular complexity index is 2020. The number of fused-ring (bicyclic) bond motifs is 7. The van der Waals surface area contributed by atoms with Crippen LogP contribution in [0.25, 0.3) is 66.2 Å². The van der Waals surface area contributed by atoms with E-state index in [-0.39, 0.29) is 0 Å². The summed E-state index contributed by atoms with van der Waals surface area (Å²) in [5, 5.41) is 3.37. The molecule has 4 aromatic carbocycles. The maximum Gasteiger partial charge on any atom is 0.0972 e. The van der Waals surface area contributed by atoms with Crippen molar-refractivity contribution in [2.45, 2.75) is 6.42 Å². The topological polar surface area (TPSA) is 38.7 Å². The maximum absolute atomic E-state index is 5.10. The molecule has 172 valence electrons. The van der Waals surface area contributed by atoms with Gasteiger partial charge >= 0.3 is 0 Å². The van der Waals surface area contributed by atoms with Crippen molar-refractivity contribution in [2.24, 2.45) is 0 Å². The average Bonchev–Trinajstić information content (AvgIpc) is 3.35. The van der Waals surface area contributed by atoms with E-state index in [1.807, 2.05) is 24.5 Å². The van der Waals surface area contributed by atoms with E-state index in [2.05, 4.69) is 96.0 Å². The second-order valence-electron chi connectivity index (χ2n) is 9.68. The van der Waals surface area contributed by atoms with Crippen LogP contribution >= 0.6 is 0 Å². The van der Waals surface area contributed by atoms with Crippen LogP contribution in [0.4, 0.5) is 0 Å². The summed E-state index contributed by atoms with van der Waals surface area (Å²) < 4.78 is 0. The minimum Gasteiger partial charge on any atom is -0.256 e.